The summed E-state index contributed by atoms with van der Waals surface area (Å²) in [6, 6.07) is -0.888. The predicted molar refractivity (Wildman–Crippen MR) is 67.1 cm³/mol. The van der Waals surface area contributed by atoms with Crippen LogP contribution in [0.15, 0.2) is 0 Å². The second kappa shape index (κ2) is 6.87. The highest BCUT2D eigenvalue weighted by molar-refractivity contribution is 5.82. The van der Waals surface area contributed by atoms with Crippen LogP contribution in [0.1, 0.15) is 19.3 Å². The van der Waals surface area contributed by atoms with E-state index in [4.69, 9.17) is 11.5 Å². The van der Waals surface area contributed by atoms with Crippen molar-refractivity contribution in [1.29, 1.82) is 0 Å². The summed E-state index contributed by atoms with van der Waals surface area (Å²) in [4.78, 5) is 24.4. The van der Waals surface area contributed by atoms with E-state index in [1.165, 1.54) is 12.8 Å². The zero-order valence-corrected chi connectivity index (χ0v) is 10.5. The van der Waals surface area contributed by atoms with Crippen LogP contribution in [0.2, 0.25) is 0 Å². The quantitative estimate of drug-likeness (QED) is 0.551. The summed E-state index contributed by atoms with van der Waals surface area (Å²) in [5.74, 6) is 1.09. The lowest BCUT2D eigenvalue weighted by Crippen LogP contribution is -2.47. The molecule has 0 spiro atoms. The minimum atomic E-state index is -1.13. The van der Waals surface area contributed by atoms with Crippen LogP contribution in [0.4, 0.5) is 4.79 Å². The molecule has 0 bridgehead atoms. The van der Waals surface area contributed by atoms with E-state index in [9.17, 15) is 9.59 Å². The van der Waals surface area contributed by atoms with Crippen LogP contribution in [0, 0.1) is 12.3 Å². The van der Waals surface area contributed by atoms with Crippen LogP contribution in [-0.4, -0.2) is 54.2 Å². The Morgan fingerprint density at radius 2 is 2.22 bits per heavy atom. The summed E-state index contributed by atoms with van der Waals surface area (Å²) in [6.07, 6.45) is 7.44. The van der Waals surface area contributed by atoms with Gasteiger partial charge >= 0.3 is 12.0 Å². The molecule has 0 heterocycles. The first-order valence-corrected chi connectivity index (χ1v) is 5.95. The van der Waals surface area contributed by atoms with Gasteiger partial charge in [-0.25, -0.2) is 9.59 Å². The molecule has 1 saturated carbocycles. The van der Waals surface area contributed by atoms with Gasteiger partial charge in [0.25, 0.3) is 0 Å². The number of rotatable bonds is 7. The maximum atomic E-state index is 11.4. The molecule has 0 saturated heterocycles. The second-order valence-corrected chi connectivity index (χ2v) is 4.41. The normalized spacial score (nSPS) is 15.8. The van der Waals surface area contributed by atoms with E-state index in [0.717, 1.165) is 6.54 Å². The Labute approximate surface area is 107 Å². The first-order valence-electron chi connectivity index (χ1n) is 5.95. The lowest BCUT2D eigenvalue weighted by molar-refractivity contribution is -0.139. The van der Waals surface area contributed by atoms with Crippen LogP contribution in [-0.2, 0) is 4.79 Å². The van der Waals surface area contributed by atoms with Gasteiger partial charge in [-0.05, 0) is 19.9 Å². The summed E-state index contributed by atoms with van der Waals surface area (Å²) in [7, 11) is 2.01. The number of nitrogens with one attached hydrogen (secondary N) is 2. The summed E-state index contributed by atoms with van der Waals surface area (Å²) in [6.45, 7) is 1.24. The SMILES string of the molecule is C#CCC(NC(=O)NCCN(C)C1CC1)C(=O)O. The largest absolute Gasteiger partial charge is 0.480 e. The summed E-state index contributed by atoms with van der Waals surface area (Å²) < 4.78 is 0. The van der Waals surface area contributed by atoms with Gasteiger partial charge in [-0.3, -0.25) is 0 Å². The van der Waals surface area contributed by atoms with Gasteiger partial charge in [0.1, 0.15) is 6.04 Å². The third kappa shape index (κ3) is 5.06. The molecule has 2 amide bonds. The number of hydrogen-bond acceptors (Lipinski definition) is 3. The van der Waals surface area contributed by atoms with E-state index >= 15 is 0 Å². The van der Waals surface area contributed by atoms with Crippen LogP contribution in [0.5, 0.6) is 0 Å². The monoisotopic (exact) mass is 253 g/mol. The molecular weight excluding hydrogens is 234 g/mol. The van der Waals surface area contributed by atoms with Gasteiger partial charge in [-0.1, -0.05) is 0 Å². The van der Waals surface area contributed by atoms with E-state index in [1.807, 2.05) is 7.05 Å². The maximum absolute atomic E-state index is 11.4. The van der Waals surface area contributed by atoms with Crippen molar-refractivity contribution in [3.8, 4) is 12.3 Å². The van der Waals surface area contributed by atoms with Crippen molar-refractivity contribution in [3.05, 3.63) is 0 Å². The number of hydrogen-bond donors (Lipinski definition) is 3. The van der Waals surface area contributed by atoms with Crippen molar-refractivity contribution in [1.82, 2.24) is 15.5 Å². The summed E-state index contributed by atoms with van der Waals surface area (Å²) >= 11 is 0. The maximum Gasteiger partial charge on any atom is 0.327 e. The Morgan fingerprint density at radius 3 is 2.72 bits per heavy atom. The highest BCUT2D eigenvalue weighted by Crippen LogP contribution is 2.24. The third-order valence-corrected chi connectivity index (χ3v) is 2.85. The molecule has 0 radical (unpaired) electrons. The Hall–Kier alpha value is -1.74. The van der Waals surface area contributed by atoms with Crippen molar-refractivity contribution >= 4 is 12.0 Å². The molecule has 3 N–H and O–H groups in total. The van der Waals surface area contributed by atoms with Crippen molar-refractivity contribution in [2.75, 3.05) is 20.1 Å². The molecule has 1 atom stereocenters. The standard InChI is InChI=1S/C12H19N3O3/c1-3-4-10(11(16)17)14-12(18)13-7-8-15(2)9-5-6-9/h1,9-10H,4-8H2,2H3,(H,16,17)(H2,13,14,18). The topological polar surface area (TPSA) is 81.7 Å². The molecule has 0 aliphatic heterocycles. The highest BCUT2D eigenvalue weighted by atomic mass is 16.4. The molecule has 6 nitrogen and oxygen atoms in total. The van der Waals surface area contributed by atoms with Gasteiger partial charge in [-0.2, -0.15) is 0 Å². The number of terminal acetylenes is 1. The second-order valence-electron chi connectivity index (χ2n) is 4.41. The number of likely N-dealkylation sites (N-methyl/N-ethyl adjacent to an activating group) is 1. The molecule has 1 fully saturated rings. The summed E-state index contributed by atoms with van der Waals surface area (Å²) in [5, 5.41) is 13.7. The van der Waals surface area contributed by atoms with Crippen LogP contribution in [0.25, 0.3) is 0 Å². The van der Waals surface area contributed by atoms with E-state index in [2.05, 4.69) is 21.5 Å². The molecular formula is C12H19N3O3. The number of nitrogens with zero attached hydrogens (tertiary/aromatic N) is 1. The molecule has 1 aliphatic rings. The lowest BCUT2D eigenvalue weighted by Gasteiger charge is -2.17. The Bertz CT molecular complexity index is 347. The molecule has 100 valence electrons. The zero-order chi connectivity index (χ0) is 13.5. The fourth-order valence-electron chi connectivity index (χ4n) is 1.57. The highest BCUT2D eigenvalue weighted by Gasteiger charge is 2.25. The number of carbonyl (C=O) groups is 2. The van der Waals surface area contributed by atoms with E-state index in [-0.39, 0.29) is 6.42 Å². The molecule has 0 aromatic rings. The number of carboxylic acid groups (broad SMARTS) is 1. The number of carbonyl (C=O) groups excluding carboxylic acids is 1. The Kier molecular flexibility index (Phi) is 5.46. The first-order chi connectivity index (χ1) is 8.54. The van der Waals surface area contributed by atoms with Crippen molar-refractivity contribution in [3.63, 3.8) is 0 Å². The van der Waals surface area contributed by atoms with Gasteiger partial charge in [0, 0.05) is 25.6 Å². The predicted octanol–water partition coefficient (Wildman–Crippen LogP) is -0.144. The van der Waals surface area contributed by atoms with Crippen molar-refractivity contribution in [2.45, 2.75) is 31.3 Å². The van der Waals surface area contributed by atoms with Crippen molar-refractivity contribution in [2.24, 2.45) is 0 Å². The third-order valence-electron chi connectivity index (χ3n) is 2.85. The molecule has 1 aliphatic carbocycles. The van der Waals surface area contributed by atoms with E-state index < -0.39 is 18.0 Å². The van der Waals surface area contributed by atoms with Crippen LogP contribution in [0.3, 0.4) is 0 Å². The lowest BCUT2D eigenvalue weighted by atomic mass is 10.2. The van der Waals surface area contributed by atoms with E-state index in [1.54, 1.807) is 0 Å². The fourth-order valence-corrected chi connectivity index (χ4v) is 1.57. The van der Waals surface area contributed by atoms with Crippen LogP contribution >= 0.6 is 0 Å². The number of aliphatic carboxylic acids is 1. The zero-order valence-electron chi connectivity index (χ0n) is 10.5. The van der Waals surface area contributed by atoms with Gasteiger partial charge < -0.3 is 20.6 Å². The van der Waals surface area contributed by atoms with Gasteiger partial charge in [0.15, 0.2) is 0 Å². The number of carboxylic acids is 1. The minimum absolute atomic E-state index is 0.0231. The molecule has 1 unspecified atom stereocenters. The average Bonchev–Trinajstić information content (AvgIpc) is 3.11. The Balaban J connectivity index is 2.19. The number of amides is 2. The van der Waals surface area contributed by atoms with Crippen LogP contribution < -0.4 is 10.6 Å². The molecule has 6 heteroatoms. The van der Waals surface area contributed by atoms with Gasteiger partial charge in [-0.15, -0.1) is 12.3 Å². The fraction of sp³-hybridized carbons (Fsp3) is 0.667. The molecule has 0 aromatic carbocycles. The smallest absolute Gasteiger partial charge is 0.327 e. The van der Waals surface area contributed by atoms with Gasteiger partial charge in [0.2, 0.25) is 0 Å². The average molecular weight is 253 g/mol. The molecule has 1 rings (SSSR count). The molecule has 18 heavy (non-hydrogen) atoms. The first kappa shape index (κ1) is 14.3. The van der Waals surface area contributed by atoms with Gasteiger partial charge in [0.05, 0.1) is 0 Å². The number of urea groups is 1. The van der Waals surface area contributed by atoms with E-state index in [0.29, 0.717) is 12.6 Å². The summed E-state index contributed by atoms with van der Waals surface area (Å²) in [5.41, 5.74) is 0. The minimum Gasteiger partial charge on any atom is -0.480 e. The molecule has 0 aromatic heterocycles. The Morgan fingerprint density at radius 1 is 1.56 bits per heavy atom. The van der Waals surface area contributed by atoms with Crippen molar-refractivity contribution < 1.29 is 14.7 Å².